The van der Waals surface area contributed by atoms with Crippen LogP contribution in [0.25, 0.3) is 0 Å². The second kappa shape index (κ2) is 7.23. The molecular formula is C15H16FN3O2. The number of amidine groups is 1. The van der Waals surface area contributed by atoms with E-state index < -0.39 is 5.82 Å². The van der Waals surface area contributed by atoms with Crippen molar-refractivity contribution in [1.82, 2.24) is 4.98 Å². The number of aryl methyl sites for hydroxylation is 1. The Balaban J connectivity index is 1.94. The fourth-order valence-electron chi connectivity index (χ4n) is 1.89. The fourth-order valence-corrected chi connectivity index (χ4v) is 1.89. The van der Waals surface area contributed by atoms with Crippen molar-refractivity contribution in [3.63, 3.8) is 0 Å². The van der Waals surface area contributed by atoms with Gasteiger partial charge in [-0.2, -0.15) is 0 Å². The predicted molar refractivity (Wildman–Crippen MR) is 77.0 cm³/mol. The van der Waals surface area contributed by atoms with Crippen molar-refractivity contribution in [3.8, 4) is 5.75 Å². The summed E-state index contributed by atoms with van der Waals surface area (Å²) in [5.41, 5.74) is 6.91. The summed E-state index contributed by atoms with van der Waals surface area (Å²) in [7, 11) is 0. The Kier molecular flexibility index (Phi) is 5.09. The SMILES string of the molecule is NC(=NO)c1cc(F)ccc1OCCCc1ccncc1. The molecule has 5 nitrogen and oxygen atoms in total. The molecule has 3 N–H and O–H groups in total. The van der Waals surface area contributed by atoms with Crippen LogP contribution in [-0.4, -0.2) is 22.6 Å². The number of ether oxygens (including phenoxy) is 1. The topological polar surface area (TPSA) is 80.7 Å². The first-order valence-corrected chi connectivity index (χ1v) is 6.50. The molecule has 0 aliphatic rings. The Morgan fingerprint density at radius 1 is 1.29 bits per heavy atom. The van der Waals surface area contributed by atoms with E-state index in [0.29, 0.717) is 12.4 Å². The molecule has 6 heteroatoms. The summed E-state index contributed by atoms with van der Waals surface area (Å²) in [5.74, 6) is -0.263. The highest BCUT2D eigenvalue weighted by molar-refractivity contribution is 5.99. The second-order valence-corrected chi connectivity index (χ2v) is 4.43. The zero-order chi connectivity index (χ0) is 15.1. The number of pyridine rings is 1. The number of hydrogen-bond donors (Lipinski definition) is 2. The number of nitrogens with two attached hydrogens (primary N) is 1. The molecule has 0 spiro atoms. The number of oxime groups is 1. The van der Waals surface area contributed by atoms with Crippen molar-refractivity contribution in [2.24, 2.45) is 10.9 Å². The quantitative estimate of drug-likeness (QED) is 0.281. The highest BCUT2D eigenvalue weighted by Gasteiger charge is 2.10. The first-order chi connectivity index (χ1) is 10.2. The summed E-state index contributed by atoms with van der Waals surface area (Å²) in [6.45, 7) is 0.444. The van der Waals surface area contributed by atoms with E-state index in [0.717, 1.165) is 12.8 Å². The van der Waals surface area contributed by atoms with Gasteiger partial charge in [-0.05, 0) is 48.7 Å². The molecule has 110 valence electrons. The van der Waals surface area contributed by atoms with Gasteiger partial charge >= 0.3 is 0 Å². The molecule has 2 aromatic rings. The van der Waals surface area contributed by atoms with Gasteiger partial charge in [-0.15, -0.1) is 0 Å². The average molecular weight is 289 g/mol. The van der Waals surface area contributed by atoms with E-state index in [1.165, 1.54) is 23.8 Å². The van der Waals surface area contributed by atoms with Crippen LogP contribution >= 0.6 is 0 Å². The number of rotatable bonds is 6. The molecule has 0 aliphatic heterocycles. The van der Waals surface area contributed by atoms with Gasteiger partial charge in [0.2, 0.25) is 0 Å². The van der Waals surface area contributed by atoms with Gasteiger partial charge in [-0.25, -0.2) is 4.39 Å². The van der Waals surface area contributed by atoms with Crippen LogP contribution in [0.2, 0.25) is 0 Å². The lowest BCUT2D eigenvalue weighted by Crippen LogP contribution is -2.15. The third-order valence-electron chi connectivity index (χ3n) is 2.94. The Morgan fingerprint density at radius 2 is 2.05 bits per heavy atom. The minimum absolute atomic E-state index is 0.182. The Hall–Kier alpha value is -2.63. The zero-order valence-electron chi connectivity index (χ0n) is 11.4. The monoisotopic (exact) mass is 289 g/mol. The molecule has 0 saturated heterocycles. The maximum atomic E-state index is 13.2. The minimum atomic E-state index is -0.472. The van der Waals surface area contributed by atoms with E-state index in [1.807, 2.05) is 12.1 Å². The highest BCUT2D eigenvalue weighted by atomic mass is 19.1. The Bertz CT molecular complexity index is 618. The summed E-state index contributed by atoms with van der Waals surface area (Å²) in [6, 6.07) is 7.80. The lowest BCUT2D eigenvalue weighted by Gasteiger charge is -2.10. The van der Waals surface area contributed by atoms with Crippen LogP contribution in [-0.2, 0) is 6.42 Å². The smallest absolute Gasteiger partial charge is 0.173 e. The van der Waals surface area contributed by atoms with Crippen molar-refractivity contribution < 1.29 is 14.3 Å². The van der Waals surface area contributed by atoms with Gasteiger partial charge in [0.25, 0.3) is 0 Å². The molecule has 0 unspecified atom stereocenters. The summed E-state index contributed by atoms with van der Waals surface area (Å²) >= 11 is 0. The maximum Gasteiger partial charge on any atom is 0.173 e. The molecule has 0 saturated carbocycles. The molecule has 0 fully saturated rings. The van der Waals surface area contributed by atoms with E-state index in [9.17, 15) is 4.39 Å². The van der Waals surface area contributed by atoms with E-state index in [2.05, 4.69) is 10.1 Å². The molecule has 0 amide bonds. The van der Waals surface area contributed by atoms with Crippen molar-refractivity contribution >= 4 is 5.84 Å². The molecular weight excluding hydrogens is 273 g/mol. The van der Waals surface area contributed by atoms with Crippen molar-refractivity contribution in [1.29, 1.82) is 0 Å². The summed E-state index contributed by atoms with van der Waals surface area (Å²) in [5, 5.41) is 11.6. The largest absolute Gasteiger partial charge is 0.493 e. The third kappa shape index (κ3) is 4.17. The van der Waals surface area contributed by atoms with Crippen LogP contribution in [0.4, 0.5) is 4.39 Å². The van der Waals surface area contributed by atoms with Crippen LogP contribution in [0.15, 0.2) is 47.9 Å². The second-order valence-electron chi connectivity index (χ2n) is 4.43. The summed E-state index contributed by atoms with van der Waals surface area (Å²) in [6.07, 6.45) is 5.12. The molecule has 0 bridgehead atoms. The molecule has 0 atom stereocenters. The Morgan fingerprint density at radius 3 is 2.76 bits per heavy atom. The Labute approximate surface area is 121 Å². The lowest BCUT2D eigenvalue weighted by molar-refractivity contribution is 0.307. The van der Waals surface area contributed by atoms with Crippen LogP contribution in [0, 0.1) is 5.82 Å². The molecule has 1 aromatic carbocycles. The van der Waals surface area contributed by atoms with Crippen molar-refractivity contribution in [3.05, 3.63) is 59.7 Å². The van der Waals surface area contributed by atoms with E-state index in [1.54, 1.807) is 12.4 Å². The van der Waals surface area contributed by atoms with Gasteiger partial charge in [-0.1, -0.05) is 5.16 Å². The van der Waals surface area contributed by atoms with Gasteiger partial charge in [0, 0.05) is 12.4 Å². The highest BCUT2D eigenvalue weighted by Crippen LogP contribution is 2.20. The van der Waals surface area contributed by atoms with E-state index in [-0.39, 0.29) is 11.4 Å². The molecule has 0 aliphatic carbocycles. The normalized spacial score (nSPS) is 11.4. The third-order valence-corrected chi connectivity index (χ3v) is 2.94. The lowest BCUT2D eigenvalue weighted by atomic mass is 10.1. The summed E-state index contributed by atoms with van der Waals surface area (Å²) in [4.78, 5) is 3.95. The van der Waals surface area contributed by atoms with Gasteiger partial charge in [0.05, 0.1) is 12.2 Å². The van der Waals surface area contributed by atoms with Gasteiger partial charge in [-0.3, -0.25) is 4.98 Å². The number of benzene rings is 1. The van der Waals surface area contributed by atoms with Crippen molar-refractivity contribution in [2.45, 2.75) is 12.8 Å². The van der Waals surface area contributed by atoms with E-state index >= 15 is 0 Å². The van der Waals surface area contributed by atoms with Crippen LogP contribution in [0.1, 0.15) is 17.5 Å². The van der Waals surface area contributed by atoms with Gasteiger partial charge in [0.1, 0.15) is 11.6 Å². The first kappa shape index (κ1) is 14.8. The van der Waals surface area contributed by atoms with Crippen molar-refractivity contribution in [2.75, 3.05) is 6.61 Å². The number of hydrogen-bond acceptors (Lipinski definition) is 4. The molecule has 1 heterocycles. The number of nitrogens with zero attached hydrogens (tertiary/aromatic N) is 2. The van der Waals surface area contributed by atoms with Crippen LogP contribution in [0.3, 0.4) is 0 Å². The standard InChI is InChI=1S/C15H16FN3O2/c16-12-3-4-14(13(10-12)15(17)19-20)21-9-1-2-11-5-7-18-8-6-11/h3-8,10,20H,1-2,9H2,(H2,17,19). The fraction of sp³-hybridized carbons (Fsp3) is 0.200. The number of halogens is 1. The summed E-state index contributed by atoms with van der Waals surface area (Å²) < 4.78 is 18.8. The van der Waals surface area contributed by atoms with Crippen LogP contribution < -0.4 is 10.5 Å². The van der Waals surface area contributed by atoms with Gasteiger partial charge < -0.3 is 15.7 Å². The van der Waals surface area contributed by atoms with E-state index in [4.69, 9.17) is 15.7 Å². The molecule has 1 aromatic heterocycles. The molecule has 0 radical (unpaired) electrons. The molecule has 21 heavy (non-hydrogen) atoms. The maximum absolute atomic E-state index is 13.2. The first-order valence-electron chi connectivity index (χ1n) is 6.50. The van der Waals surface area contributed by atoms with Gasteiger partial charge in [0.15, 0.2) is 5.84 Å². The average Bonchev–Trinajstić information content (AvgIpc) is 2.53. The van der Waals surface area contributed by atoms with Crippen LogP contribution in [0.5, 0.6) is 5.75 Å². The number of aromatic nitrogens is 1. The predicted octanol–water partition coefficient (Wildman–Crippen LogP) is 2.33. The molecule has 2 rings (SSSR count). The minimum Gasteiger partial charge on any atom is -0.493 e. The zero-order valence-corrected chi connectivity index (χ0v) is 11.4.